The Morgan fingerprint density at radius 2 is 1.76 bits per heavy atom. The first-order valence-corrected chi connectivity index (χ1v) is 13.4. The number of nitrogens with zero attached hydrogens (tertiary/aromatic N) is 2. The molecule has 2 atom stereocenters. The first-order chi connectivity index (χ1) is 18.6. The molecule has 0 radical (unpaired) electrons. The Morgan fingerprint density at radius 1 is 1.00 bits per heavy atom. The van der Waals surface area contributed by atoms with Crippen LogP contribution in [0, 0.1) is 12.8 Å². The van der Waals surface area contributed by atoms with Crippen molar-refractivity contribution >= 4 is 36.4 Å². The second-order valence-corrected chi connectivity index (χ2v) is 10.6. The summed E-state index contributed by atoms with van der Waals surface area (Å²) in [6.45, 7) is 11.6. The van der Waals surface area contributed by atoms with Crippen LogP contribution < -0.4 is 19.7 Å². The Bertz CT molecular complexity index is 1310. The van der Waals surface area contributed by atoms with Gasteiger partial charge in [-0.2, -0.15) is 0 Å². The second kappa shape index (κ2) is 15.1. The maximum absolute atomic E-state index is 13.3. The smallest absolute Gasteiger partial charge is 0.251 e. The fourth-order valence-electron chi connectivity index (χ4n) is 4.92. The Hall–Kier alpha value is -3.33. The lowest BCUT2D eigenvalue weighted by atomic mass is 10.0. The van der Waals surface area contributed by atoms with Crippen LogP contribution in [-0.2, 0) is 0 Å². The Balaban J connectivity index is 0.00000294. The molecule has 8 nitrogen and oxygen atoms in total. The van der Waals surface area contributed by atoms with E-state index in [1.165, 1.54) is 7.11 Å². The van der Waals surface area contributed by atoms with E-state index in [1.807, 2.05) is 19.1 Å². The summed E-state index contributed by atoms with van der Waals surface area (Å²) >= 11 is 0. The molecule has 3 N–H and O–H groups in total. The van der Waals surface area contributed by atoms with E-state index in [1.54, 1.807) is 48.5 Å². The highest BCUT2D eigenvalue weighted by Crippen LogP contribution is 2.37. The molecule has 1 heterocycles. The number of carbonyl (C=O) groups is 1. The summed E-state index contributed by atoms with van der Waals surface area (Å²) in [4.78, 5) is 18.0. The molecular formula is C31H41Cl2N3O5. The maximum Gasteiger partial charge on any atom is 0.251 e. The number of methoxy groups -OCH3 is 1. The van der Waals surface area contributed by atoms with Crippen molar-refractivity contribution < 1.29 is 24.5 Å². The van der Waals surface area contributed by atoms with E-state index in [9.17, 15) is 15.0 Å². The van der Waals surface area contributed by atoms with Crippen LogP contribution in [0.3, 0.4) is 0 Å². The number of phenols is 2. The minimum absolute atomic E-state index is 0. The van der Waals surface area contributed by atoms with Gasteiger partial charge in [-0.15, -0.1) is 24.8 Å². The number of aryl methyl sites for hydroxylation is 1. The average molecular weight is 607 g/mol. The summed E-state index contributed by atoms with van der Waals surface area (Å²) < 4.78 is 11.4. The van der Waals surface area contributed by atoms with Crippen molar-refractivity contribution in [3.05, 3.63) is 71.8 Å². The van der Waals surface area contributed by atoms with Crippen LogP contribution in [0.4, 0.5) is 5.69 Å². The molecule has 41 heavy (non-hydrogen) atoms. The number of piperazine rings is 1. The fraction of sp³-hybridized carbons (Fsp3) is 0.387. The summed E-state index contributed by atoms with van der Waals surface area (Å²) in [5.41, 5.74) is 2.45. The number of phenolic OH excluding ortho intramolecular Hbond substituents is 2. The van der Waals surface area contributed by atoms with E-state index >= 15 is 0 Å². The third kappa shape index (κ3) is 8.58. The molecule has 4 rings (SSSR count). The van der Waals surface area contributed by atoms with Gasteiger partial charge < -0.3 is 29.9 Å². The van der Waals surface area contributed by atoms with Gasteiger partial charge >= 0.3 is 0 Å². The second-order valence-electron chi connectivity index (χ2n) is 10.6. The van der Waals surface area contributed by atoms with Crippen LogP contribution in [0.25, 0.3) is 0 Å². The van der Waals surface area contributed by atoms with E-state index in [4.69, 9.17) is 9.47 Å². The highest BCUT2D eigenvalue weighted by molar-refractivity contribution is 5.95. The van der Waals surface area contributed by atoms with E-state index in [0.29, 0.717) is 22.8 Å². The first kappa shape index (κ1) is 33.9. The molecule has 1 unspecified atom stereocenters. The minimum atomic E-state index is -0.177. The predicted octanol–water partition coefficient (Wildman–Crippen LogP) is 6.02. The van der Waals surface area contributed by atoms with Gasteiger partial charge in [-0.1, -0.05) is 26.0 Å². The van der Waals surface area contributed by atoms with E-state index in [0.717, 1.165) is 37.4 Å². The van der Waals surface area contributed by atoms with Crippen LogP contribution >= 0.6 is 24.8 Å². The predicted molar refractivity (Wildman–Crippen MR) is 168 cm³/mol. The van der Waals surface area contributed by atoms with Crippen molar-refractivity contribution in [1.29, 1.82) is 0 Å². The molecule has 0 spiro atoms. The lowest BCUT2D eigenvalue weighted by Gasteiger charge is -2.42. The number of carbonyl (C=O) groups excluding carboxylic acids is 1. The van der Waals surface area contributed by atoms with Gasteiger partial charge in [0.05, 0.1) is 7.11 Å². The molecule has 0 bridgehead atoms. The molecule has 1 saturated heterocycles. The fourth-order valence-corrected chi connectivity index (χ4v) is 4.92. The van der Waals surface area contributed by atoms with Crippen molar-refractivity contribution in [3.63, 3.8) is 0 Å². The molecule has 0 saturated carbocycles. The van der Waals surface area contributed by atoms with Crippen LogP contribution in [0.5, 0.6) is 28.7 Å². The lowest BCUT2D eigenvalue weighted by molar-refractivity contribution is 0.0902. The van der Waals surface area contributed by atoms with Crippen molar-refractivity contribution in [2.75, 3.05) is 38.2 Å². The normalized spacial score (nSPS) is 15.9. The van der Waals surface area contributed by atoms with Gasteiger partial charge in [-0.05, 0) is 67.8 Å². The molecule has 0 aliphatic carbocycles. The summed E-state index contributed by atoms with van der Waals surface area (Å²) in [6, 6.07) is 17.8. The zero-order valence-electron chi connectivity index (χ0n) is 24.2. The van der Waals surface area contributed by atoms with Crippen LogP contribution in [0.2, 0.25) is 0 Å². The molecule has 1 aliphatic rings. The number of rotatable bonds is 9. The van der Waals surface area contributed by atoms with Crippen molar-refractivity contribution in [2.45, 2.75) is 39.8 Å². The number of aromatic hydroxyl groups is 2. The highest BCUT2D eigenvalue weighted by Gasteiger charge is 2.28. The van der Waals surface area contributed by atoms with Crippen molar-refractivity contribution in [2.24, 2.45) is 5.92 Å². The molecule has 224 valence electrons. The summed E-state index contributed by atoms with van der Waals surface area (Å²) in [6.07, 6.45) is 0. The number of ether oxygens (including phenoxy) is 2. The van der Waals surface area contributed by atoms with Gasteiger partial charge in [0.15, 0.2) is 23.0 Å². The minimum Gasteiger partial charge on any atom is -0.508 e. The van der Waals surface area contributed by atoms with E-state index in [-0.39, 0.29) is 60.2 Å². The first-order valence-electron chi connectivity index (χ1n) is 13.4. The quantitative estimate of drug-likeness (QED) is 0.275. The number of nitrogens with one attached hydrogen (secondary N) is 1. The highest BCUT2D eigenvalue weighted by atomic mass is 35.5. The molecule has 1 amide bonds. The number of benzene rings is 3. The van der Waals surface area contributed by atoms with Gasteiger partial charge in [0, 0.05) is 55.6 Å². The summed E-state index contributed by atoms with van der Waals surface area (Å²) in [7, 11) is 1.52. The van der Waals surface area contributed by atoms with Crippen molar-refractivity contribution in [3.8, 4) is 28.7 Å². The zero-order chi connectivity index (χ0) is 28.1. The molecule has 3 aromatic carbocycles. The Morgan fingerprint density at radius 3 is 2.41 bits per heavy atom. The third-order valence-electron chi connectivity index (χ3n) is 7.21. The van der Waals surface area contributed by atoms with Crippen LogP contribution in [0.15, 0.2) is 60.7 Å². The molecule has 0 aromatic heterocycles. The van der Waals surface area contributed by atoms with E-state index < -0.39 is 0 Å². The average Bonchev–Trinajstić information content (AvgIpc) is 2.90. The number of amides is 1. The number of hydrogen-bond acceptors (Lipinski definition) is 7. The number of halogens is 2. The van der Waals surface area contributed by atoms with Gasteiger partial charge in [-0.3, -0.25) is 9.69 Å². The molecular weight excluding hydrogens is 565 g/mol. The van der Waals surface area contributed by atoms with Gasteiger partial charge in [0.25, 0.3) is 5.91 Å². The van der Waals surface area contributed by atoms with Crippen molar-refractivity contribution in [1.82, 2.24) is 10.2 Å². The summed E-state index contributed by atoms with van der Waals surface area (Å²) in [5, 5.41) is 23.2. The van der Waals surface area contributed by atoms with Gasteiger partial charge in [0.1, 0.15) is 5.75 Å². The topological polar surface area (TPSA) is 94.5 Å². The monoisotopic (exact) mass is 605 g/mol. The van der Waals surface area contributed by atoms with Gasteiger partial charge in [-0.25, -0.2) is 0 Å². The number of anilines is 1. The molecule has 1 aliphatic heterocycles. The van der Waals surface area contributed by atoms with Crippen LogP contribution in [0.1, 0.15) is 36.7 Å². The van der Waals surface area contributed by atoms with Gasteiger partial charge in [0.2, 0.25) is 0 Å². The SMILES string of the molecule is COc1cc(C(=O)NC(CN2CCN(c3cccc(O)c3)[C@@H](C)C2)C(C)C)ccc1Oc1cc(C)ccc1O.Cl.Cl. The summed E-state index contributed by atoms with van der Waals surface area (Å²) in [5.74, 6) is 1.50. The molecule has 3 aromatic rings. The molecule has 10 heteroatoms. The third-order valence-corrected chi connectivity index (χ3v) is 7.21. The lowest BCUT2D eigenvalue weighted by Crippen LogP contribution is -2.56. The van der Waals surface area contributed by atoms with Crippen LogP contribution in [-0.4, -0.2) is 66.4 Å². The Labute approximate surface area is 255 Å². The molecule has 1 fully saturated rings. The largest absolute Gasteiger partial charge is 0.508 e. The van der Waals surface area contributed by atoms with E-state index in [2.05, 4.69) is 35.9 Å². The number of hydrogen-bond donors (Lipinski definition) is 3. The standard InChI is InChI=1S/C31H39N3O5.2ClH/c1-20(2)26(19-33-13-14-34(22(4)18-33)24-7-6-8-25(35)17-24)32-31(37)23-10-12-28(30(16-23)38-5)39-29-15-21(3)9-11-27(29)36;;/h6-12,15-17,20,22,26,35-36H,13-14,18-19H2,1-5H3,(H,32,37);2*1H/t22-,26?;;/m0../s1. The zero-order valence-corrected chi connectivity index (χ0v) is 25.8. The Kier molecular flexibility index (Phi) is 12.4. The maximum atomic E-state index is 13.3.